The van der Waals surface area contributed by atoms with Gasteiger partial charge in [-0.2, -0.15) is 9.97 Å². The van der Waals surface area contributed by atoms with Crippen LogP contribution in [-0.4, -0.2) is 24.1 Å². The van der Waals surface area contributed by atoms with E-state index in [-0.39, 0.29) is 10.8 Å². The van der Waals surface area contributed by atoms with Gasteiger partial charge in [-0.15, -0.1) is 0 Å². The molecule has 0 bridgehead atoms. The van der Waals surface area contributed by atoms with Crippen molar-refractivity contribution in [3.8, 4) is 56.7 Å². The number of aromatic nitrogens is 5. The molecule has 0 aliphatic heterocycles. The standard InChI is InChI=1S/C60H49N5/c1-38-37-59(2,3)53-45(26-17-27-50(53)60(38,4)5)43-22-16-23-44(36-43)64-51-28-14-12-24-46(51)48-34-35-49-47-25-13-15-29-52(47)65(55(49)54(48)64)58-62-56(41-20-10-7-11-21-41)61-57(63-58)42-32-30-40(31-33-42)39-18-8-6-9-19-39/h6-36,38H,37H2,1-5H3. The van der Waals surface area contributed by atoms with Crippen LogP contribution in [-0.2, 0) is 10.8 Å². The molecule has 3 heterocycles. The molecule has 3 aromatic heterocycles. The van der Waals surface area contributed by atoms with E-state index in [2.05, 4.69) is 208 Å². The lowest BCUT2D eigenvalue weighted by Crippen LogP contribution is -2.40. The smallest absolute Gasteiger partial charge is 0.238 e. The second kappa shape index (κ2) is 14.7. The van der Waals surface area contributed by atoms with Gasteiger partial charge in [0.05, 0.1) is 22.1 Å². The van der Waals surface area contributed by atoms with E-state index in [4.69, 9.17) is 15.0 Å². The van der Waals surface area contributed by atoms with Gasteiger partial charge < -0.3 is 4.57 Å². The highest BCUT2D eigenvalue weighted by Gasteiger charge is 2.43. The van der Waals surface area contributed by atoms with Gasteiger partial charge in [0.1, 0.15) is 0 Å². The molecule has 0 saturated carbocycles. The summed E-state index contributed by atoms with van der Waals surface area (Å²) in [5.74, 6) is 2.38. The molecule has 0 saturated heterocycles. The topological polar surface area (TPSA) is 48.5 Å². The summed E-state index contributed by atoms with van der Waals surface area (Å²) in [5, 5.41) is 4.64. The zero-order chi connectivity index (χ0) is 44.0. The van der Waals surface area contributed by atoms with E-state index in [9.17, 15) is 0 Å². The van der Waals surface area contributed by atoms with Crippen molar-refractivity contribution < 1.29 is 0 Å². The maximum absolute atomic E-state index is 5.39. The molecule has 314 valence electrons. The van der Waals surface area contributed by atoms with Gasteiger partial charge in [0.25, 0.3) is 0 Å². The Labute approximate surface area is 379 Å². The Bertz CT molecular complexity index is 3630. The summed E-state index contributed by atoms with van der Waals surface area (Å²) in [6.07, 6.45) is 1.14. The fourth-order valence-electron chi connectivity index (χ4n) is 11.0. The zero-order valence-electron chi connectivity index (χ0n) is 37.4. The number of hydrogen-bond donors (Lipinski definition) is 0. The fraction of sp³-hybridized carbons (Fsp3) is 0.150. The zero-order valence-corrected chi connectivity index (χ0v) is 37.4. The van der Waals surface area contributed by atoms with Gasteiger partial charge >= 0.3 is 0 Å². The largest absolute Gasteiger partial charge is 0.307 e. The highest BCUT2D eigenvalue weighted by Crippen LogP contribution is 2.52. The van der Waals surface area contributed by atoms with Crippen LogP contribution in [0.1, 0.15) is 52.2 Å². The van der Waals surface area contributed by atoms with Crippen LogP contribution in [0.5, 0.6) is 0 Å². The molecule has 1 aliphatic carbocycles. The first-order valence-electron chi connectivity index (χ1n) is 22.8. The summed E-state index contributed by atoms with van der Waals surface area (Å²) in [4.78, 5) is 15.9. The van der Waals surface area contributed by atoms with E-state index in [1.54, 1.807) is 0 Å². The predicted octanol–water partition coefficient (Wildman–Crippen LogP) is 15.3. The Kier molecular flexibility index (Phi) is 8.83. The van der Waals surface area contributed by atoms with Crippen LogP contribution < -0.4 is 0 Å². The van der Waals surface area contributed by atoms with Crippen LogP contribution >= 0.6 is 0 Å². The molecular weight excluding hydrogens is 791 g/mol. The van der Waals surface area contributed by atoms with Crippen molar-refractivity contribution in [2.45, 2.75) is 51.9 Å². The van der Waals surface area contributed by atoms with Crippen LogP contribution in [0.25, 0.3) is 100 Å². The van der Waals surface area contributed by atoms with Crippen LogP contribution in [0, 0.1) is 5.92 Å². The molecule has 12 rings (SSSR count). The Morgan fingerprint density at radius 2 is 0.954 bits per heavy atom. The number of hydrogen-bond acceptors (Lipinski definition) is 3. The van der Waals surface area contributed by atoms with E-state index in [0.717, 1.165) is 61.6 Å². The molecule has 0 radical (unpaired) electrons. The lowest BCUT2D eigenvalue weighted by molar-refractivity contribution is 0.234. The van der Waals surface area contributed by atoms with E-state index in [1.165, 1.54) is 38.6 Å². The van der Waals surface area contributed by atoms with E-state index >= 15 is 0 Å². The third kappa shape index (κ3) is 6.17. The molecule has 0 fully saturated rings. The Morgan fingerprint density at radius 1 is 0.446 bits per heavy atom. The van der Waals surface area contributed by atoms with E-state index in [1.807, 2.05) is 24.3 Å². The number of para-hydroxylation sites is 2. The lowest BCUT2D eigenvalue weighted by atomic mass is 9.57. The van der Waals surface area contributed by atoms with Crippen molar-refractivity contribution in [2.75, 3.05) is 0 Å². The van der Waals surface area contributed by atoms with E-state index in [0.29, 0.717) is 23.5 Å². The summed E-state index contributed by atoms with van der Waals surface area (Å²) >= 11 is 0. The minimum atomic E-state index is 0.0305. The summed E-state index contributed by atoms with van der Waals surface area (Å²) < 4.78 is 4.75. The number of rotatable bonds is 6. The quantitative estimate of drug-likeness (QED) is 0.168. The molecule has 1 unspecified atom stereocenters. The first-order valence-corrected chi connectivity index (χ1v) is 22.8. The summed E-state index contributed by atoms with van der Waals surface area (Å²) in [6.45, 7) is 12.1. The minimum absolute atomic E-state index is 0.0305. The number of fused-ring (bicyclic) bond motifs is 8. The van der Waals surface area contributed by atoms with Crippen LogP contribution in [0.4, 0.5) is 0 Å². The van der Waals surface area contributed by atoms with Crippen LogP contribution in [0.15, 0.2) is 188 Å². The van der Waals surface area contributed by atoms with Gasteiger partial charge in [-0.3, -0.25) is 4.57 Å². The summed E-state index contributed by atoms with van der Waals surface area (Å²) in [7, 11) is 0. The van der Waals surface area contributed by atoms with Gasteiger partial charge in [0, 0.05) is 38.4 Å². The monoisotopic (exact) mass is 839 g/mol. The molecule has 1 atom stereocenters. The number of nitrogens with zero attached hydrogens (tertiary/aromatic N) is 5. The molecule has 65 heavy (non-hydrogen) atoms. The first kappa shape index (κ1) is 39.0. The van der Waals surface area contributed by atoms with Gasteiger partial charge in [0.2, 0.25) is 5.95 Å². The summed E-state index contributed by atoms with van der Waals surface area (Å²) in [5.41, 5.74) is 15.2. The van der Waals surface area contributed by atoms with Crippen molar-refractivity contribution in [3.63, 3.8) is 0 Å². The average molecular weight is 840 g/mol. The SMILES string of the molecule is CC1CC(C)(C)c2c(-c3cccc(-n4c5ccccc5c5ccc6c7ccccc7n(-c7nc(-c8ccccc8)nc(-c8ccc(-c9ccccc9)cc8)n7)c6c54)c3)cccc2C1(C)C. The normalized spacial score (nSPS) is 15.5. The molecule has 5 heteroatoms. The van der Waals surface area contributed by atoms with Crippen molar-refractivity contribution in [2.24, 2.45) is 5.92 Å². The second-order valence-corrected chi connectivity index (χ2v) is 19.1. The highest BCUT2D eigenvalue weighted by atomic mass is 15.2. The third-order valence-electron chi connectivity index (χ3n) is 14.5. The van der Waals surface area contributed by atoms with Crippen LogP contribution in [0.2, 0.25) is 0 Å². The van der Waals surface area contributed by atoms with E-state index < -0.39 is 0 Å². The Morgan fingerprint density at radius 3 is 1.62 bits per heavy atom. The molecule has 0 N–H and O–H groups in total. The van der Waals surface area contributed by atoms with Crippen molar-refractivity contribution in [1.82, 2.24) is 24.1 Å². The van der Waals surface area contributed by atoms with Crippen LogP contribution in [0.3, 0.4) is 0 Å². The lowest BCUT2D eigenvalue weighted by Gasteiger charge is -2.47. The molecule has 5 nitrogen and oxygen atoms in total. The maximum atomic E-state index is 5.39. The first-order chi connectivity index (χ1) is 31.7. The minimum Gasteiger partial charge on any atom is -0.307 e. The maximum Gasteiger partial charge on any atom is 0.238 e. The highest BCUT2D eigenvalue weighted by molar-refractivity contribution is 6.23. The Hall–Kier alpha value is -7.63. The second-order valence-electron chi connectivity index (χ2n) is 19.1. The third-order valence-corrected chi connectivity index (χ3v) is 14.5. The van der Waals surface area contributed by atoms with Gasteiger partial charge in [0.15, 0.2) is 11.6 Å². The van der Waals surface area contributed by atoms with Crippen molar-refractivity contribution in [1.29, 1.82) is 0 Å². The Balaban J connectivity index is 1.13. The molecular formula is C60H49N5. The molecule has 1 aliphatic rings. The molecule has 0 spiro atoms. The predicted molar refractivity (Wildman–Crippen MR) is 270 cm³/mol. The van der Waals surface area contributed by atoms with Crippen molar-refractivity contribution >= 4 is 43.6 Å². The van der Waals surface area contributed by atoms with Gasteiger partial charge in [-0.1, -0.05) is 198 Å². The van der Waals surface area contributed by atoms with Gasteiger partial charge in [-0.25, -0.2) is 4.98 Å². The summed E-state index contributed by atoms with van der Waals surface area (Å²) in [6, 6.07) is 67.5. The van der Waals surface area contributed by atoms with Crippen molar-refractivity contribution in [3.05, 3.63) is 199 Å². The fourth-order valence-corrected chi connectivity index (χ4v) is 11.0. The molecule has 8 aromatic carbocycles. The van der Waals surface area contributed by atoms with Gasteiger partial charge in [-0.05, 0) is 80.8 Å². The number of benzene rings is 8. The molecule has 11 aromatic rings. The average Bonchev–Trinajstić information content (AvgIpc) is 3.87. The molecule has 0 amide bonds.